The van der Waals surface area contributed by atoms with Gasteiger partial charge < -0.3 is 10.6 Å². The van der Waals surface area contributed by atoms with Gasteiger partial charge in [-0.3, -0.25) is 9.36 Å². The summed E-state index contributed by atoms with van der Waals surface area (Å²) in [5.74, 6) is -1.20. The molecule has 3 N–H and O–H groups in total. The predicted octanol–water partition coefficient (Wildman–Crippen LogP) is -0.290. The van der Waals surface area contributed by atoms with Crippen molar-refractivity contribution in [3.8, 4) is 0 Å². The van der Waals surface area contributed by atoms with E-state index in [0.29, 0.717) is 0 Å². The summed E-state index contributed by atoms with van der Waals surface area (Å²) in [7, 11) is -3.45. The lowest BCUT2D eigenvalue weighted by molar-refractivity contribution is -0.122. The van der Waals surface area contributed by atoms with Crippen LogP contribution in [0.25, 0.3) is 0 Å². The molecule has 0 aliphatic rings. The summed E-state index contributed by atoms with van der Waals surface area (Å²) in [6, 6.07) is 0. The molecule has 0 bridgehead atoms. The molecule has 1 amide bonds. The minimum absolute atomic E-state index is 0.692. The molecule has 0 aromatic heterocycles. The van der Waals surface area contributed by atoms with Crippen molar-refractivity contribution in [3.63, 3.8) is 0 Å². The van der Waals surface area contributed by atoms with Crippen LogP contribution in [0, 0.1) is 0 Å². The highest BCUT2D eigenvalue weighted by molar-refractivity contribution is 7.57. The number of hydrogen-bond acceptors (Lipinski definition) is 2. The summed E-state index contributed by atoms with van der Waals surface area (Å²) in [6.07, 6.45) is -2.71. The molecule has 60 valence electrons. The molecular formula is C4H9FNO3P. The Labute approximate surface area is 57.7 Å². The first-order valence-electron chi connectivity index (χ1n) is 2.55. The van der Waals surface area contributed by atoms with Crippen LogP contribution in [-0.2, 0) is 9.36 Å². The van der Waals surface area contributed by atoms with Gasteiger partial charge in [0.15, 0.2) is 6.17 Å². The Kier molecular flexibility index (Phi) is 2.99. The van der Waals surface area contributed by atoms with Crippen molar-refractivity contribution in [1.29, 1.82) is 0 Å². The van der Waals surface area contributed by atoms with E-state index in [0.717, 1.165) is 6.66 Å². The van der Waals surface area contributed by atoms with Crippen LogP contribution < -0.4 is 5.73 Å². The number of alkyl halides is 1. The first kappa shape index (κ1) is 9.59. The zero-order valence-electron chi connectivity index (χ0n) is 5.45. The van der Waals surface area contributed by atoms with Gasteiger partial charge in [0.25, 0.3) is 5.91 Å². The van der Waals surface area contributed by atoms with Crippen molar-refractivity contribution in [2.75, 3.05) is 12.8 Å². The van der Waals surface area contributed by atoms with Gasteiger partial charge in [0.1, 0.15) is 0 Å². The van der Waals surface area contributed by atoms with Crippen LogP contribution in [0.15, 0.2) is 0 Å². The Hall–Kier alpha value is -0.410. The highest BCUT2D eigenvalue weighted by atomic mass is 31.2. The van der Waals surface area contributed by atoms with Crippen LogP contribution >= 0.6 is 7.37 Å². The summed E-state index contributed by atoms with van der Waals surface area (Å²) in [5.41, 5.74) is 4.50. The van der Waals surface area contributed by atoms with E-state index in [1.165, 1.54) is 0 Å². The fraction of sp³-hybridized carbons (Fsp3) is 0.750. The molecule has 0 saturated heterocycles. The predicted molar refractivity (Wildman–Crippen MR) is 34.7 cm³/mol. The first-order chi connectivity index (χ1) is 4.33. The molecule has 0 aliphatic heterocycles. The number of rotatable bonds is 3. The number of carbonyl (C=O) groups excluding carboxylic acids is 1. The van der Waals surface area contributed by atoms with E-state index in [2.05, 4.69) is 5.73 Å². The molecule has 0 rings (SSSR count). The lowest BCUT2D eigenvalue weighted by atomic mass is 10.4. The fourth-order valence-corrected chi connectivity index (χ4v) is 1.16. The second kappa shape index (κ2) is 3.12. The minimum atomic E-state index is -3.45. The van der Waals surface area contributed by atoms with Gasteiger partial charge in [0.2, 0.25) is 7.37 Å². The lowest BCUT2D eigenvalue weighted by Gasteiger charge is -2.05. The third-order valence-electron chi connectivity index (χ3n) is 0.808. The van der Waals surface area contributed by atoms with Crippen molar-refractivity contribution in [2.24, 2.45) is 5.73 Å². The van der Waals surface area contributed by atoms with Crippen LogP contribution in [0.4, 0.5) is 4.39 Å². The van der Waals surface area contributed by atoms with E-state index in [4.69, 9.17) is 4.89 Å². The number of amides is 1. The highest BCUT2D eigenvalue weighted by Gasteiger charge is 2.22. The fourth-order valence-electron chi connectivity index (χ4n) is 0.387. The van der Waals surface area contributed by atoms with Crippen molar-refractivity contribution < 1.29 is 18.6 Å². The lowest BCUT2D eigenvalue weighted by Crippen LogP contribution is -2.27. The Morgan fingerprint density at radius 2 is 2.30 bits per heavy atom. The van der Waals surface area contributed by atoms with Crippen LogP contribution in [0.1, 0.15) is 0 Å². The molecule has 2 atom stereocenters. The highest BCUT2D eigenvalue weighted by Crippen LogP contribution is 2.36. The first-order valence-corrected chi connectivity index (χ1v) is 4.85. The molecule has 0 heterocycles. The van der Waals surface area contributed by atoms with Crippen molar-refractivity contribution in [3.05, 3.63) is 0 Å². The van der Waals surface area contributed by atoms with Crippen molar-refractivity contribution in [1.82, 2.24) is 0 Å². The Balaban J connectivity index is 3.93. The number of carbonyl (C=O) groups is 1. The second-order valence-corrected chi connectivity index (χ2v) is 4.57. The molecule has 0 aromatic carbocycles. The molecule has 0 saturated carbocycles. The van der Waals surface area contributed by atoms with Crippen LogP contribution in [-0.4, -0.2) is 29.8 Å². The normalized spacial score (nSPS) is 19.5. The summed E-state index contributed by atoms with van der Waals surface area (Å²) in [4.78, 5) is 18.5. The van der Waals surface area contributed by atoms with Gasteiger partial charge in [-0.05, 0) is 0 Å². The van der Waals surface area contributed by atoms with E-state index >= 15 is 0 Å². The number of halogens is 1. The van der Waals surface area contributed by atoms with E-state index in [1.807, 2.05) is 0 Å². The van der Waals surface area contributed by atoms with Gasteiger partial charge in [-0.1, -0.05) is 0 Å². The summed E-state index contributed by atoms with van der Waals surface area (Å²) in [6.45, 7) is 0.975. The summed E-state index contributed by atoms with van der Waals surface area (Å²) < 4.78 is 22.7. The standard InChI is InChI=1S/C4H9FNO3P/c1-10(8,9)2-3(5)4(6)7/h3H,2H2,1H3,(H2,6,7)(H,8,9). The maximum Gasteiger partial charge on any atom is 0.252 e. The Bertz CT molecular complexity index is 177. The van der Waals surface area contributed by atoms with E-state index in [9.17, 15) is 13.8 Å². The average Bonchev–Trinajstić information content (AvgIpc) is 1.60. The van der Waals surface area contributed by atoms with Crippen LogP contribution in [0.3, 0.4) is 0 Å². The zero-order valence-corrected chi connectivity index (χ0v) is 6.35. The summed E-state index contributed by atoms with van der Waals surface area (Å²) >= 11 is 0. The molecule has 0 radical (unpaired) electrons. The Morgan fingerprint density at radius 3 is 2.40 bits per heavy atom. The number of nitrogens with two attached hydrogens (primary N) is 1. The van der Waals surface area contributed by atoms with Gasteiger partial charge in [0.05, 0.1) is 6.16 Å². The van der Waals surface area contributed by atoms with E-state index in [-0.39, 0.29) is 0 Å². The molecule has 2 unspecified atom stereocenters. The number of hydrogen-bond donors (Lipinski definition) is 2. The van der Waals surface area contributed by atoms with Crippen LogP contribution in [0.2, 0.25) is 0 Å². The summed E-state index contributed by atoms with van der Waals surface area (Å²) in [5, 5.41) is 0. The number of primary amides is 1. The van der Waals surface area contributed by atoms with Crippen molar-refractivity contribution in [2.45, 2.75) is 6.17 Å². The van der Waals surface area contributed by atoms with Gasteiger partial charge in [-0.15, -0.1) is 0 Å². The minimum Gasteiger partial charge on any atom is -0.367 e. The molecule has 0 aliphatic carbocycles. The SMILES string of the molecule is CP(=O)(O)CC(F)C(N)=O. The molecule has 6 heteroatoms. The average molecular weight is 169 g/mol. The third kappa shape index (κ3) is 4.47. The maximum absolute atomic E-state index is 12.2. The Morgan fingerprint density at radius 1 is 1.90 bits per heavy atom. The molecule has 10 heavy (non-hydrogen) atoms. The molecular weight excluding hydrogens is 160 g/mol. The quantitative estimate of drug-likeness (QED) is 0.569. The van der Waals surface area contributed by atoms with Gasteiger partial charge in [-0.25, -0.2) is 4.39 Å². The van der Waals surface area contributed by atoms with Crippen molar-refractivity contribution >= 4 is 13.3 Å². The van der Waals surface area contributed by atoms with E-state index < -0.39 is 25.6 Å². The van der Waals surface area contributed by atoms with Gasteiger partial charge in [-0.2, -0.15) is 0 Å². The largest absolute Gasteiger partial charge is 0.367 e. The third-order valence-corrected chi connectivity index (χ3v) is 1.81. The molecule has 4 nitrogen and oxygen atoms in total. The van der Waals surface area contributed by atoms with Gasteiger partial charge >= 0.3 is 0 Å². The molecule has 0 aromatic rings. The zero-order chi connectivity index (χ0) is 8.36. The monoisotopic (exact) mass is 169 g/mol. The van der Waals surface area contributed by atoms with E-state index in [1.54, 1.807) is 0 Å². The smallest absolute Gasteiger partial charge is 0.252 e. The maximum atomic E-state index is 12.2. The molecule has 0 spiro atoms. The van der Waals surface area contributed by atoms with Gasteiger partial charge in [0, 0.05) is 6.66 Å². The topological polar surface area (TPSA) is 80.4 Å². The second-order valence-electron chi connectivity index (χ2n) is 2.10. The molecule has 0 fully saturated rings. The van der Waals surface area contributed by atoms with Crippen LogP contribution in [0.5, 0.6) is 0 Å².